The van der Waals surface area contributed by atoms with Crippen LogP contribution >= 0.6 is 0 Å². The molecule has 1 heterocycles. The molecular formula is C25H33N3O8S2. The molecule has 1 aliphatic rings. The highest BCUT2D eigenvalue weighted by atomic mass is 32.2. The third-order valence-electron chi connectivity index (χ3n) is 6.14. The molecule has 38 heavy (non-hydrogen) atoms. The lowest BCUT2D eigenvalue weighted by Crippen LogP contribution is -2.57. The number of rotatable bonds is 10. The Morgan fingerprint density at radius 2 is 1.45 bits per heavy atom. The van der Waals surface area contributed by atoms with E-state index in [1.165, 1.54) is 64.8 Å². The van der Waals surface area contributed by atoms with Gasteiger partial charge >= 0.3 is 5.97 Å². The number of nitrogens with one attached hydrogen (secondary N) is 1. The van der Waals surface area contributed by atoms with Crippen LogP contribution in [0.5, 0.6) is 5.75 Å². The molecule has 0 aliphatic carbocycles. The fourth-order valence-electron chi connectivity index (χ4n) is 3.93. The summed E-state index contributed by atoms with van der Waals surface area (Å²) in [5, 5.41) is 0. The number of esters is 1. The normalized spacial score (nSPS) is 15.8. The number of ether oxygens (including phenoxy) is 2. The standard InChI is InChI=1S/C25H33N3O8S2/c1-5-36-25(30)19-6-10-22(11-7-19)38(33,34)28-16-14-27(15-17-28)24(29)23(18(2)3)26-37(31,32)21-12-8-20(35-4)9-13-21/h6-13,18,23,26H,5,14-17H2,1-4H3/t23-/m0/s1. The van der Waals surface area contributed by atoms with Crippen molar-refractivity contribution in [2.75, 3.05) is 39.9 Å². The number of hydrogen-bond donors (Lipinski definition) is 1. The van der Waals surface area contributed by atoms with Gasteiger partial charge in [0, 0.05) is 26.2 Å². The molecule has 13 heteroatoms. The van der Waals surface area contributed by atoms with Gasteiger partial charge in [0.1, 0.15) is 11.8 Å². The average Bonchev–Trinajstić information content (AvgIpc) is 2.91. The molecule has 1 fully saturated rings. The first-order valence-corrected chi connectivity index (χ1v) is 15.1. The molecule has 1 saturated heterocycles. The first-order valence-electron chi connectivity index (χ1n) is 12.1. The van der Waals surface area contributed by atoms with Crippen molar-refractivity contribution in [3.8, 4) is 5.75 Å². The topological polar surface area (TPSA) is 139 Å². The van der Waals surface area contributed by atoms with Crippen molar-refractivity contribution in [1.29, 1.82) is 0 Å². The fourth-order valence-corrected chi connectivity index (χ4v) is 6.69. The van der Waals surface area contributed by atoms with Crippen LogP contribution in [0, 0.1) is 5.92 Å². The predicted molar refractivity (Wildman–Crippen MR) is 140 cm³/mol. The van der Waals surface area contributed by atoms with Crippen molar-refractivity contribution >= 4 is 31.9 Å². The summed E-state index contributed by atoms with van der Waals surface area (Å²) in [6.07, 6.45) is 0. The van der Waals surface area contributed by atoms with Crippen molar-refractivity contribution in [1.82, 2.24) is 13.9 Å². The van der Waals surface area contributed by atoms with E-state index in [4.69, 9.17) is 9.47 Å². The molecule has 0 spiro atoms. The molecule has 1 N–H and O–H groups in total. The minimum absolute atomic E-state index is 0.00152. The van der Waals surface area contributed by atoms with E-state index in [0.29, 0.717) is 5.75 Å². The maximum Gasteiger partial charge on any atom is 0.338 e. The van der Waals surface area contributed by atoms with Gasteiger partial charge < -0.3 is 14.4 Å². The molecule has 1 amide bonds. The van der Waals surface area contributed by atoms with E-state index in [2.05, 4.69) is 4.72 Å². The van der Waals surface area contributed by atoms with Crippen LogP contribution < -0.4 is 9.46 Å². The van der Waals surface area contributed by atoms with Crippen LogP contribution in [0.1, 0.15) is 31.1 Å². The van der Waals surface area contributed by atoms with Crippen molar-refractivity contribution in [2.45, 2.75) is 36.6 Å². The first-order chi connectivity index (χ1) is 17.9. The van der Waals surface area contributed by atoms with Gasteiger partial charge in [-0.15, -0.1) is 0 Å². The van der Waals surface area contributed by atoms with Gasteiger partial charge in [0.2, 0.25) is 26.0 Å². The monoisotopic (exact) mass is 567 g/mol. The summed E-state index contributed by atoms with van der Waals surface area (Å²) in [4.78, 5) is 26.6. The molecule has 1 atom stereocenters. The second kappa shape index (κ2) is 12.2. The zero-order valence-electron chi connectivity index (χ0n) is 21.8. The molecule has 0 radical (unpaired) electrons. The van der Waals surface area contributed by atoms with Gasteiger partial charge in [-0.1, -0.05) is 13.8 Å². The lowest BCUT2D eigenvalue weighted by Gasteiger charge is -2.36. The number of methoxy groups -OCH3 is 1. The number of sulfonamides is 2. The van der Waals surface area contributed by atoms with Crippen LogP contribution in [0.4, 0.5) is 0 Å². The Morgan fingerprint density at radius 1 is 0.895 bits per heavy atom. The van der Waals surface area contributed by atoms with Crippen molar-refractivity contribution in [2.24, 2.45) is 5.92 Å². The SMILES string of the molecule is CCOC(=O)c1ccc(S(=O)(=O)N2CCN(C(=O)[C@@H](NS(=O)(=O)c3ccc(OC)cc3)C(C)C)CC2)cc1. The summed E-state index contributed by atoms with van der Waals surface area (Å²) < 4.78 is 65.8. The van der Waals surface area contributed by atoms with Crippen molar-refractivity contribution in [3.63, 3.8) is 0 Å². The zero-order valence-corrected chi connectivity index (χ0v) is 23.4. The van der Waals surface area contributed by atoms with E-state index in [0.717, 1.165) is 0 Å². The minimum Gasteiger partial charge on any atom is -0.497 e. The number of benzene rings is 2. The van der Waals surface area contributed by atoms with Gasteiger partial charge in [-0.2, -0.15) is 9.03 Å². The Labute approximate surface area is 223 Å². The summed E-state index contributed by atoms with van der Waals surface area (Å²) in [5.74, 6) is -0.808. The third-order valence-corrected chi connectivity index (χ3v) is 9.51. The molecule has 0 saturated carbocycles. The van der Waals surface area contributed by atoms with Gasteiger partial charge in [0.15, 0.2) is 0 Å². The molecule has 3 rings (SSSR count). The van der Waals surface area contributed by atoms with Crippen molar-refractivity contribution < 1.29 is 35.9 Å². The van der Waals surface area contributed by atoms with Gasteiger partial charge in [-0.05, 0) is 61.4 Å². The van der Waals surface area contributed by atoms with Crippen LogP contribution in [0.2, 0.25) is 0 Å². The average molecular weight is 568 g/mol. The molecule has 11 nitrogen and oxygen atoms in total. The van der Waals surface area contributed by atoms with Crippen LogP contribution in [0.15, 0.2) is 58.3 Å². The van der Waals surface area contributed by atoms with Crippen LogP contribution in [0.25, 0.3) is 0 Å². The van der Waals surface area contributed by atoms with Gasteiger partial charge in [-0.25, -0.2) is 21.6 Å². The van der Waals surface area contributed by atoms with E-state index in [-0.39, 0.29) is 54.1 Å². The maximum atomic E-state index is 13.3. The zero-order chi connectivity index (χ0) is 28.1. The number of carbonyl (C=O) groups excluding carboxylic acids is 2. The molecule has 208 valence electrons. The summed E-state index contributed by atoms with van der Waals surface area (Å²) in [6, 6.07) is 10.3. The summed E-state index contributed by atoms with van der Waals surface area (Å²) in [5.41, 5.74) is 0.248. The third kappa shape index (κ3) is 6.70. The summed E-state index contributed by atoms with van der Waals surface area (Å²) in [6.45, 7) is 5.66. The molecule has 0 aromatic heterocycles. The highest BCUT2D eigenvalue weighted by molar-refractivity contribution is 7.89. The first kappa shape index (κ1) is 29.6. The van der Waals surface area contributed by atoms with E-state index >= 15 is 0 Å². The Kier molecular flexibility index (Phi) is 9.52. The highest BCUT2D eigenvalue weighted by Crippen LogP contribution is 2.21. The Bertz CT molecular complexity index is 1330. The van der Waals surface area contributed by atoms with Crippen LogP contribution in [-0.4, -0.2) is 83.9 Å². The van der Waals surface area contributed by atoms with Crippen LogP contribution in [-0.2, 0) is 29.6 Å². The molecule has 2 aromatic rings. The van der Waals surface area contributed by atoms with Crippen molar-refractivity contribution in [3.05, 3.63) is 54.1 Å². The number of amides is 1. The summed E-state index contributed by atoms with van der Waals surface area (Å²) in [7, 11) is -6.37. The fraction of sp³-hybridized carbons (Fsp3) is 0.440. The lowest BCUT2D eigenvalue weighted by atomic mass is 10.0. The van der Waals surface area contributed by atoms with Gasteiger partial charge in [-0.3, -0.25) is 4.79 Å². The lowest BCUT2D eigenvalue weighted by molar-refractivity contribution is -0.135. The second-order valence-corrected chi connectivity index (χ2v) is 12.6. The summed E-state index contributed by atoms with van der Waals surface area (Å²) >= 11 is 0. The number of piperazine rings is 1. The van der Waals surface area contributed by atoms with Crippen LogP contribution in [0.3, 0.4) is 0 Å². The van der Waals surface area contributed by atoms with E-state index < -0.39 is 38.0 Å². The highest BCUT2D eigenvalue weighted by Gasteiger charge is 2.35. The van der Waals surface area contributed by atoms with Gasteiger partial charge in [0.05, 0.1) is 29.1 Å². The van der Waals surface area contributed by atoms with E-state index in [1.807, 2.05) is 0 Å². The minimum atomic E-state index is -3.99. The Balaban J connectivity index is 1.67. The number of carbonyl (C=O) groups is 2. The quantitative estimate of drug-likeness (QED) is 0.428. The van der Waals surface area contributed by atoms with E-state index in [9.17, 15) is 26.4 Å². The number of nitrogens with zero attached hydrogens (tertiary/aromatic N) is 2. The molecule has 0 bridgehead atoms. The molecular weight excluding hydrogens is 534 g/mol. The smallest absolute Gasteiger partial charge is 0.338 e. The largest absolute Gasteiger partial charge is 0.497 e. The molecule has 0 unspecified atom stereocenters. The molecule has 2 aromatic carbocycles. The van der Waals surface area contributed by atoms with E-state index in [1.54, 1.807) is 20.8 Å². The number of hydrogen-bond acceptors (Lipinski definition) is 8. The predicted octanol–water partition coefficient (Wildman–Crippen LogP) is 1.71. The maximum absolute atomic E-state index is 13.3. The van der Waals surface area contributed by atoms with Gasteiger partial charge in [0.25, 0.3) is 0 Å². The molecule has 1 aliphatic heterocycles. The Morgan fingerprint density at radius 3 is 1.95 bits per heavy atom. The second-order valence-electron chi connectivity index (χ2n) is 8.99. The Hall–Kier alpha value is -3.00.